The summed E-state index contributed by atoms with van der Waals surface area (Å²) in [6.07, 6.45) is 10.1. The standard InChI is InChI=1S/C23H29N3O/c1-26(20-7-3-2-4-8-20)17-19-13-11-18(12-14-19)15-16-23(27)25-22-10-6-5-9-21(22)24/h5-6,9-16,20H,2-4,7-8,17,24H2,1H3,(H,25,27)/b16-15+. The summed E-state index contributed by atoms with van der Waals surface area (Å²) >= 11 is 0. The Morgan fingerprint density at radius 1 is 1.11 bits per heavy atom. The molecule has 0 heterocycles. The van der Waals surface area contributed by atoms with Gasteiger partial charge >= 0.3 is 0 Å². The van der Waals surface area contributed by atoms with Gasteiger partial charge in [0.2, 0.25) is 5.91 Å². The second kappa shape index (κ2) is 9.38. The van der Waals surface area contributed by atoms with Crippen LogP contribution < -0.4 is 11.1 Å². The summed E-state index contributed by atoms with van der Waals surface area (Å²) in [7, 11) is 2.23. The van der Waals surface area contributed by atoms with E-state index in [1.807, 2.05) is 18.2 Å². The molecule has 0 aromatic heterocycles. The van der Waals surface area contributed by atoms with E-state index in [2.05, 4.69) is 41.5 Å². The minimum Gasteiger partial charge on any atom is -0.397 e. The minimum atomic E-state index is -0.186. The molecule has 3 rings (SSSR count). The van der Waals surface area contributed by atoms with Crippen LogP contribution in [0.3, 0.4) is 0 Å². The van der Waals surface area contributed by atoms with Gasteiger partial charge in [-0.2, -0.15) is 0 Å². The highest BCUT2D eigenvalue weighted by Gasteiger charge is 2.17. The van der Waals surface area contributed by atoms with Crippen molar-refractivity contribution in [3.8, 4) is 0 Å². The molecule has 1 aliphatic carbocycles. The van der Waals surface area contributed by atoms with E-state index in [1.165, 1.54) is 43.7 Å². The summed E-state index contributed by atoms with van der Waals surface area (Å²) in [6, 6.07) is 16.4. The van der Waals surface area contributed by atoms with Gasteiger partial charge in [0, 0.05) is 18.7 Å². The van der Waals surface area contributed by atoms with Crippen molar-refractivity contribution in [1.29, 1.82) is 0 Å². The van der Waals surface area contributed by atoms with Crippen LogP contribution in [0.4, 0.5) is 11.4 Å². The van der Waals surface area contributed by atoms with Crippen LogP contribution in [0.15, 0.2) is 54.6 Å². The number of benzene rings is 2. The lowest BCUT2D eigenvalue weighted by atomic mass is 9.94. The molecule has 1 aliphatic rings. The molecule has 1 amide bonds. The van der Waals surface area contributed by atoms with Gasteiger partial charge in [-0.1, -0.05) is 55.7 Å². The number of nitrogens with one attached hydrogen (secondary N) is 1. The topological polar surface area (TPSA) is 58.4 Å². The first-order chi connectivity index (χ1) is 13.1. The number of hydrogen-bond donors (Lipinski definition) is 2. The molecule has 1 saturated carbocycles. The van der Waals surface area contributed by atoms with Crippen molar-refractivity contribution in [3.63, 3.8) is 0 Å². The van der Waals surface area contributed by atoms with Crippen LogP contribution in [0.2, 0.25) is 0 Å². The van der Waals surface area contributed by atoms with Gasteiger partial charge in [0.05, 0.1) is 11.4 Å². The first-order valence-corrected chi connectivity index (χ1v) is 9.74. The Bertz CT molecular complexity index is 776. The first kappa shape index (κ1) is 19.2. The van der Waals surface area contributed by atoms with Gasteiger partial charge in [0.1, 0.15) is 0 Å². The molecule has 0 spiro atoms. The predicted molar refractivity (Wildman–Crippen MR) is 113 cm³/mol. The van der Waals surface area contributed by atoms with Gasteiger partial charge in [0.25, 0.3) is 0 Å². The molecule has 0 atom stereocenters. The number of amides is 1. The van der Waals surface area contributed by atoms with E-state index in [4.69, 9.17) is 5.73 Å². The zero-order valence-electron chi connectivity index (χ0n) is 16.0. The highest BCUT2D eigenvalue weighted by atomic mass is 16.1. The van der Waals surface area contributed by atoms with Gasteiger partial charge < -0.3 is 11.1 Å². The summed E-state index contributed by atoms with van der Waals surface area (Å²) in [5.74, 6) is -0.186. The smallest absolute Gasteiger partial charge is 0.248 e. The largest absolute Gasteiger partial charge is 0.397 e. The highest BCUT2D eigenvalue weighted by molar-refractivity contribution is 6.03. The lowest BCUT2D eigenvalue weighted by molar-refractivity contribution is -0.111. The number of carbonyl (C=O) groups excluding carboxylic acids is 1. The maximum atomic E-state index is 12.1. The summed E-state index contributed by atoms with van der Waals surface area (Å²) in [5.41, 5.74) is 9.35. The molecule has 4 heteroatoms. The maximum Gasteiger partial charge on any atom is 0.248 e. The molecule has 2 aromatic carbocycles. The Balaban J connectivity index is 1.53. The number of nitrogens with two attached hydrogens (primary N) is 1. The van der Waals surface area contributed by atoms with Gasteiger partial charge in [-0.3, -0.25) is 9.69 Å². The van der Waals surface area contributed by atoms with Crippen LogP contribution in [0, 0.1) is 0 Å². The highest BCUT2D eigenvalue weighted by Crippen LogP contribution is 2.23. The number of carbonyl (C=O) groups is 1. The quantitative estimate of drug-likeness (QED) is 0.578. The molecule has 3 N–H and O–H groups in total. The molecular formula is C23H29N3O. The molecule has 0 radical (unpaired) electrons. The molecule has 0 unspecified atom stereocenters. The number of nitrogen functional groups attached to an aromatic ring is 1. The van der Waals surface area contributed by atoms with Crippen LogP contribution in [-0.2, 0) is 11.3 Å². The molecule has 1 fully saturated rings. The SMILES string of the molecule is CN(Cc1ccc(/C=C/C(=O)Nc2ccccc2N)cc1)C1CCCCC1. The van der Waals surface area contributed by atoms with Gasteiger partial charge in [-0.25, -0.2) is 0 Å². The van der Waals surface area contributed by atoms with Crippen molar-refractivity contribution in [2.45, 2.75) is 44.7 Å². The van der Waals surface area contributed by atoms with Gasteiger partial charge in [-0.15, -0.1) is 0 Å². The maximum absolute atomic E-state index is 12.1. The van der Waals surface area contributed by atoms with E-state index in [9.17, 15) is 4.79 Å². The fourth-order valence-corrected chi connectivity index (χ4v) is 3.63. The third-order valence-corrected chi connectivity index (χ3v) is 5.26. The summed E-state index contributed by atoms with van der Waals surface area (Å²) in [6.45, 7) is 0.975. The third kappa shape index (κ3) is 5.69. The van der Waals surface area contributed by atoms with Crippen molar-refractivity contribution in [2.24, 2.45) is 0 Å². The van der Waals surface area contributed by atoms with Crippen molar-refractivity contribution in [1.82, 2.24) is 4.90 Å². The van der Waals surface area contributed by atoms with Gasteiger partial charge in [-0.05, 0) is 49.2 Å². The van der Waals surface area contributed by atoms with Crippen molar-refractivity contribution < 1.29 is 4.79 Å². The van der Waals surface area contributed by atoms with Crippen LogP contribution in [-0.4, -0.2) is 23.9 Å². The molecule has 0 bridgehead atoms. The van der Waals surface area contributed by atoms with Crippen molar-refractivity contribution >= 4 is 23.4 Å². The van der Waals surface area contributed by atoms with E-state index in [-0.39, 0.29) is 5.91 Å². The molecule has 2 aromatic rings. The third-order valence-electron chi connectivity index (χ3n) is 5.26. The Hall–Kier alpha value is -2.59. The average Bonchev–Trinajstić information content (AvgIpc) is 2.70. The molecule has 0 saturated heterocycles. The second-order valence-electron chi connectivity index (χ2n) is 7.36. The van der Waals surface area contributed by atoms with E-state index in [1.54, 1.807) is 12.1 Å². The zero-order valence-corrected chi connectivity index (χ0v) is 16.0. The van der Waals surface area contributed by atoms with Crippen molar-refractivity contribution in [3.05, 3.63) is 65.7 Å². The average molecular weight is 364 g/mol. The zero-order chi connectivity index (χ0) is 19.1. The second-order valence-corrected chi connectivity index (χ2v) is 7.36. The van der Waals surface area contributed by atoms with E-state index in [0.717, 1.165) is 12.1 Å². The number of anilines is 2. The lowest BCUT2D eigenvalue weighted by Gasteiger charge is -2.31. The van der Waals surface area contributed by atoms with Crippen LogP contribution in [0.25, 0.3) is 6.08 Å². The Kier molecular flexibility index (Phi) is 6.66. The van der Waals surface area contributed by atoms with Crippen LogP contribution in [0.1, 0.15) is 43.2 Å². The summed E-state index contributed by atoms with van der Waals surface area (Å²) in [4.78, 5) is 14.5. The molecule has 0 aliphatic heterocycles. The molecular weight excluding hydrogens is 334 g/mol. The number of nitrogens with zero attached hydrogens (tertiary/aromatic N) is 1. The fraction of sp³-hybridized carbons (Fsp3) is 0.348. The number of rotatable bonds is 6. The Morgan fingerprint density at radius 3 is 2.52 bits per heavy atom. The first-order valence-electron chi connectivity index (χ1n) is 9.74. The number of para-hydroxylation sites is 2. The monoisotopic (exact) mass is 363 g/mol. The van der Waals surface area contributed by atoms with E-state index in [0.29, 0.717) is 17.4 Å². The van der Waals surface area contributed by atoms with Gasteiger partial charge in [0.15, 0.2) is 0 Å². The van der Waals surface area contributed by atoms with E-state index < -0.39 is 0 Å². The fourth-order valence-electron chi connectivity index (χ4n) is 3.63. The van der Waals surface area contributed by atoms with E-state index >= 15 is 0 Å². The Labute approximate surface area is 162 Å². The Morgan fingerprint density at radius 2 is 1.81 bits per heavy atom. The number of hydrogen-bond acceptors (Lipinski definition) is 3. The summed E-state index contributed by atoms with van der Waals surface area (Å²) in [5, 5.41) is 2.80. The molecule has 142 valence electrons. The normalized spacial score (nSPS) is 15.3. The van der Waals surface area contributed by atoms with Crippen molar-refractivity contribution in [2.75, 3.05) is 18.1 Å². The minimum absolute atomic E-state index is 0.186. The lowest BCUT2D eigenvalue weighted by Crippen LogP contribution is -2.32. The van der Waals surface area contributed by atoms with Crippen LogP contribution in [0.5, 0.6) is 0 Å². The molecule has 4 nitrogen and oxygen atoms in total. The predicted octanol–water partition coefficient (Wildman–Crippen LogP) is 4.69. The summed E-state index contributed by atoms with van der Waals surface area (Å²) < 4.78 is 0. The molecule has 27 heavy (non-hydrogen) atoms. The van der Waals surface area contributed by atoms with Crippen LogP contribution >= 0.6 is 0 Å².